The molecule has 1 amide bonds. The van der Waals surface area contributed by atoms with E-state index in [1.54, 1.807) is 21.7 Å². The van der Waals surface area contributed by atoms with Gasteiger partial charge in [0, 0.05) is 16.3 Å². The molecule has 6 heteroatoms. The van der Waals surface area contributed by atoms with E-state index in [2.05, 4.69) is 4.98 Å². The number of aliphatic hydroxyl groups is 1. The van der Waals surface area contributed by atoms with Gasteiger partial charge in [-0.25, -0.2) is 4.98 Å². The Bertz CT molecular complexity index is 794. The van der Waals surface area contributed by atoms with Crippen LogP contribution in [0.4, 0.5) is 0 Å². The second kappa shape index (κ2) is 6.56. The number of nitrogens with zero attached hydrogens (tertiary/aromatic N) is 2. The summed E-state index contributed by atoms with van der Waals surface area (Å²) in [5, 5.41) is 9.29. The van der Waals surface area contributed by atoms with Crippen LogP contribution in [0.15, 0.2) is 35.8 Å². The molecule has 2 heterocycles. The predicted molar refractivity (Wildman–Crippen MR) is 90.5 cm³/mol. The standard InChI is InChI=1S/C16H16N2O2S2/c1-11-5-6-12(22-11)9-18(7-8-19)16(20)13-3-2-4-14-15(13)21-10-17-14/h2-6,10,19H,7-9H2,1H3. The van der Waals surface area contributed by atoms with Crippen LogP contribution in [0, 0.1) is 6.92 Å². The van der Waals surface area contributed by atoms with Crippen molar-refractivity contribution in [3.05, 3.63) is 51.2 Å². The van der Waals surface area contributed by atoms with E-state index in [0.717, 1.165) is 15.1 Å². The smallest absolute Gasteiger partial charge is 0.255 e. The number of aliphatic hydroxyl groups excluding tert-OH is 1. The summed E-state index contributed by atoms with van der Waals surface area (Å²) < 4.78 is 0.901. The molecule has 0 aliphatic heterocycles. The molecule has 0 saturated heterocycles. The Morgan fingerprint density at radius 3 is 2.91 bits per heavy atom. The van der Waals surface area contributed by atoms with Gasteiger partial charge in [0.05, 0.1) is 34.4 Å². The number of benzene rings is 1. The Labute approximate surface area is 136 Å². The second-order valence-corrected chi connectivity index (χ2v) is 7.20. The third-order valence-corrected chi connectivity index (χ3v) is 5.25. The van der Waals surface area contributed by atoms with Crippen molar-refractivity contribution < 1.29 is 9.90 Å². The minimum absolute atomic E-state index is 0.0469. The summed E-state index contributed by atoms with van der Waals surface area (Å²) >= 11 is 3.14. The normalized spacial score (nSPS) is 11.0. The molecular weight excluding hydrogens is 316 g/mol. The number of thiophene rings is 1. The summed E-state index contributed by atoms with van der Waals surface area (Å²) in [6.45, 7) is 2.84. The number of fused-ring (bicyclic) bond motifs is 1. The molecular formula is C16H16N2O2S2. The third-order valence-electron chi connectivity index (χ3n) is 3.39. The van der Waals surface area contributed by atoms with Crippen LogP contribution < -0.4 is 0 Å². The van der Waals surface area contributed by atoms with E-state index in [1.165, 1.54) is 16.2 Å². The summed E-state index contributed by atoms with van der Waals surface area (Å²) in [5.74, 6) is -0.0602. The molecule has 0 aliphatic rings. The molecule has 0 unspecified atom stereocenters. The maximum absolute atomic E-state index is 12.9. The van der Waals surface area contributed by atoms with Crippen LogP contribution in [0.1, 0.15) is 20.1 Å². The molecule has 114 valence electrons. The van der Waals surface area contributed by atoms with Crippen LogP contribution in [-0.2, 0) is 6.54 Å². The number of rotatable bonds is 5. The van der Waals surface area contributed by atoms with Crippen molar-refractivity contribution in [3.63, 3.8) is 0 Å². The summed E-state index contributed by atoms with van der Waals surface area (Å²) in [5.41, 5.74) is 3.24. The van der Waals surface area contributed by atoms with Crippen LogP contribution in [0.2, 0.25) is 0 Å². The molecule has 3 aromatic rings. The van der Waals surface area contributed by atoms with Crippen molar-refractivity contribution in [1.82, 2.24) is 9.88 Å². The lowest BCUT2D eigenvalue weighted by Gasteiger charge is -2.21. The Balaban J connectivity index is 1.90. The molecule has 1 aromatic carbocycles. The van der Waals surface area contributed by atoms with Crippen LogP contribution in [0.5, 0.6) is 0 Å². The van der Waals surface area contributed by atoms with Gasteiger partial charge in [0.25, 0.3) is 5.91 Å². The number of hydrogen-bond donors (Lipinski definition) is 1. The summed E-state index contributed by atoms with van der Waals surface area (Å²) in [7, 11) is 0. The first-order valence-electron chi connectivity index (χ1n) is 6.96. The summed E-state index contributed by atoms with van der Waals surface area (Å²) in [6.07, 6.45) is 0. The fraction of sp³-hybridized carbons (Fsp3) is 0.250. The van der Waals surface area contributed by atoms with Gasteiger partial charge in [-0.2, -0.15) is 0 Å². The number of hydrogen-bond acceptors (Lipinski definition) is 5. The van der Waals surface area contributed by atoms with Crippen molar-refractivity contribution in [2.45, 2.75) is 13.5 Å². The Hall–Kier alpha value is -1.76. The van der Waals surface area contributed by atoms with Gasteiger partial charge in [0.2, 0.25) is 0 Å². The third kappa shape index (κ3) is 3.04. The molecule has 0 aliphatic carbocycles. The lowest BCUT2D eigenvalue weighted by Crippen LogP contribution is -2.32. The van der Waals surface area contributed by atoms with E-state index in [1.807, 2.05) is 37.3 Å². The fourth-order valence-corrected chi connectivity index (χ4v) is 4.06. The highest BCUT2D eigenvalue weighted by Crippen LogP contribution is 2.25. The van der Waals surface area contributed by atoms with Gasteiger partial charge >= 0.3 is 0 Å². The maximum Gasteiger partial charge on any atom is 0.255 e. The summed E-state index contributed by atoms with van der Waals surface area (Å²) in [6, 6.07) is 9.66. The molecule has 2 aromatic heterocycles. The van der Waals surface area contributed by atoms with E-state index in [-0.39, 0.29) is 12.5 Å². The Morgan fingerprint density at radius 2 is 2.18 bits per heavy atom. The van der Waals surface area contributed by atoms with Gasteiger partial charge in [-0.05, 0) is 31.2 Å². The van der Waals surface area contributed by atoms with Crippen molar-refractivity contribution in [2.75, 3.05) is 13.2 Å². The first-order valence-corrected chi connectivity index (χ1v) is 8.66. The number of aryl methyl sites for hydroxylation is 1. The van der Waals surface area contributed by atoms with Crippen molar-refractivity contribution in [3.8, 4) is 0 Å². The van der Waals surface area contributed by atoms with Gasteiger partial charge in [-0.15, -0.1) is 22.7 Å². The van der Waals surface area contributed by atoms with Gasteiger partial charge < -0.3 is 10.0 Å². The predicted octanol–water partition coefficient (Wildman–Crippen LogP) is 3.30. The van der Waals surface area contributed by atoms with E-state index in [4.69, 9.17) is 0 Å². The monoisotopic (exact) mass is 332 g/mol. The molecule has 0 bridgehead atoms. The highest BCUT2D eigenvalue weighted by atomic mass is 32.1. The topological polar surface area (TPSA) is 53.4 Å². The Morgan fingerprint density at radius 1 is 1.32 bits per heavy atom. The Kier molecular flexibility index (Phi) is 4.52. The molecule has 3 rings (SSSR count). The van der Waals surface area contributed by atoms with Gasteiger partial charge in [0.1, 0.15) is 0 Å². The molecule has 1 N–H and O–H groups in total. The first kappa shape index (κ1) is 15.1. The lowest BCUT2D eigenvalue weighted by atomic mass is 10.2. The number of amides is 1. The van der Waals surface area contributed by atoms with Crippen molar-refractivity contribution in [1.29, 1.82) is 0 Å². The highest BCUT2D eigenvalue weighted by molar-refractivity contribution is 7.17. The van der Waals surface area contributed by atoms with Crippen molar-refractivity contribution >= 4 is 38.8 Å². The zero-order valence-electron chi connectivity index (χ0n) is 12.2. The molecule has 4 nitrogen and oxygen atoms in total. The average Bonchev–Trinajstić information content (AvgIpc) is 3.14. The van der Waals surface area contributed by atoms with Crippen LogP contribution in [0.3, 0.4) is 0 Å². The molecule has 0 fully saturated rings. The van der Waals surface area contributed by atoms with E-state index in [9.17, 15) is 9.90 Å². The second-order valence-electron chi connectivity index (χ2n) is 4.97. The molecule has 0 radical (unpaired) electrons. The number of carbonyl (C=O) groups excluding carboxylic acids is 1. The van der Waals surface area contributed by atoms with E-state index < -0.39 is 0 Å². The number of thiazole rings is 1. The number of carbonyl (C=O) groups is 1. The van der Waals surface area contributed by atoms with Crippen LogP contribution in [0.25, 0.3) is 10.2 Å². The SMILES string of the molecule is Cc1ccc(CN(CCO)C(=O)c2cccc3ncsc23)s1. The number of aromatic nitrogens is 1. The minimum atomic E-state index is -0.0602. The van der Waals surface area contributed by atoms with Gasteiger partial charge in [-0.3, -0.25) is 4.79 Å². The molecule has 0 spiro atoms. The largest absolute Gasteiger partial charge is 0.395 e. The molecule has 0 saturated carbocycles. The maximum atomic E-state index is 12.9. The molecule has 0 atom stereocenters. The van der Waals surface area contributed by atoms with E-state index in [0.29, 0.717) is 18.7 Å². The van der Waals surface area contributed by atoms with Crippen LogP contribution >= 0.6 is 22.7 Å². The fourth-order valence-electron chi connectivity index (χ4n) is 2.36. The average molecular weight is 332 g/mol. The molecule has 22 heavy (non-hydrogen) atoms. The highest BCUT2D eigenvalue weighted by Gasteiger charge is 2.19. The lowest BCUT2D eigenvalue weighted by molar-refractivity contribution is 0.0712. The van der Waals surface area contributed by atoms with Gasteiger partial charge in [0.15, 0.2) is 0 Å². The first-order chi connectivity index (χ1) is 10.7. The zero-order valence-corrected chi connectivity index (χ0v) is 13.8. The quantitative estimate of drug-likeness (QED) is 0.780. The minimum Gasteiger partial charge on any atom is -0.395 e. The van der Waals surface area contributed by atoms with Crippen molar-refractivity contribution in [2.24, 2.45) is 0 Å². The van der Waals surface area contributed by atoms with E-state index >= 15 is 0 Å². The summed E-state index contributed by atoms with van der Waals surface area (Å²) in [4.78, 5) is 21.1. The zero-order chi connectivity index (χ0) is 15.5. The van der Waals surface area contributed by atoms with Crippen LogP contribution in [-0.4, -0.2) is 34.0 Å². The van der Waals surface area contributed by atoms with Gasteiger partial charge in [-0.1, -0.05) is 6.07 Å².